The summed E-state index contributed by atoms with van der Waals surface area (Å²) >= 11 is 3.65. The Kier molecular flexibility index (Phi) is 7.66. The zero-order valence-corrected chi connectivity index (χ0v) is 28.2. The average Bonchev–Trinajstić information content (AvgIpc) is 3.31. The van der Waals surface area contributed by atoms with Crippen LogP contribution < -0.4 is 14.2 Å². The van der Waals surface area contributed by atoms with Crippen molar-refractivity contribution in [2.45, 2.75) is 50.8 Å². The first kappa shape index (κ1) is 31.4. The number of benzene rings is 5. The second kappa shape index (κ2) is 11.5. The molecule has 0 bridgehead atoms. The third-order valence-corrected chi connectivity index (χ3v) is 9.98. The summed E-state index contributed by atoms with van der Waals surface area (Å²) in [5, 5.41) is 1.80. The van der Waals surface area contributed by atoms with Gasteiger partial charge in [0, 0.05) is 32.0 Å². The van der Waals surface area contributed by atoms with E-state index in [0.717, 1.165) is 73.0 Å². The number of ether oxygens (including phenoxy) is 3. The molecule has 0 radical (unpaired) electrons. The fourth-order valence-electron chi connectivity index (χ4n) is 7.08. The first-order chi connectivity index (χ1) is 22.5. The Morgan fingerprint density at radius 2 is 1.51 bits per heavy atom. The second-order valence-electron chi connectivity index (χ2n) is 12.7. The molecule has 0 aromatic heterocycles. The lowest BCUT2D eigenvalue weighted by molar-refractivity contribution is -0.137. The molecule has 0 spiro atoms. The normalized spacial score (nSPS) is 17.5. The number of halogens is 4. The largest absolute Gasteiger partial charge is 0.497 e. The van der Waals surface area contributed by atoms with Crippen LogP contribution >= 0.6 is 15.9 Å². The maximum absolute atomic E-state index is 13.9. The SMILES string of the molecule is CCCCOc1ccc(C2(c3ccc(OC)cc3)C=Cc3c4c(c5cc(Br)ccc5c3O2)-c2ccc(C(F)(F)F)cc2C4(C)C)cc1. The fraction of sp³-hybridized carbons (Fsp3) is 0.250. The van der Waals surface area contributed by atoms with Crippen molar-refractivity contribution in [1.29, 1.82) is 0 Å². The van der Waals surface area contributed by atoms with Gasteiger partial charge in [0.2, 0.25) is 0 Å². The van der Waals surface area contributed by atoms with E-state index in [1.165, 1.54) is 12.1 Å². The summed E-state index contributed by atoms with van der Waals surface area (Å²) in [6.45, 7) is 6.78. The molecule has 0 saturated heterocycles. The highest BCUT2D eigenvalue weighted by atomic mass is 79.9. The van der Waals surface area contributed by atoms with Gasteiger partial charge in [-0.05, 0) is 94.7 Å². The zero-order valence-electron chi connectivity index (χ0n) is 26.6. The molecule has 1 aliphatic heterocycles. The van der Waals surface area contributed by atoms with Crippen molar-refractivity contribution in [3.63, 3.8) is 0 Å². The monoisotopic (exact) mass is 698 g/mol. The minimum absolute atomic E-state index is 0.649. The smallest absolute Gasteiger partial charge is 0.416 e. The number of methoxy groups -OCH3 is 1. The van der Waals surface area contributed by atoms with Gasteiger partial charge in [0.15, 0.2) is 5.60 Å². The van der Waals surface area contributed by atoms with Gasteiger partial charge in [-0.25, -0.2) is 0 Å². The van der Waals surface area contributed by atoms with Crippen molar-refractivity contribution in [2.24, 2.45) is 0 Å². The molecule has 0 fully saturated rings. The number of fused-ring (bicyclic) bond motifs is 8. The van der Waals surface area contributed by atoms with E-state index >= 15 is 0 Å². The molecule has 7 heteroatoms. The van der Waals surface area contributed by atoms with E-state index in [1.807, 2.05) is 80.6 Å². The van der Waals surface area contributed by atoms with Gasteiger partial charge in [-0.2, -0.15) is 13.2 Å². The summed E-state index contributed by atoms with van der Waals surface area (Å²) < 4.78 is 61.4. The van der Waals surface area contributed by atoms with Crippen LogP contribution in [0.5, 0.6) is 17.2 Å². The molecule has 240 valence electrons. The first-order valence-corrected chi connectivity index (χ1v) is 16.5. The van der Waals surface area contributed by atoms with E-state index in [9.17, 15) is 13.2 Å². The van der Waals surface area contributed by atoms with Crippen LogP contribution in [0.3, 0.4) is 0 Å². The van der Waals surface area contributed by atoms with Gasteiger partial charge in [-0.15, -0.1) is 0 Å². The molecule has 1 heterocycles. The Bertz CT molecular complexity index is 2030. The van der Waals surface area contributed by atoms with Gasteiger partial charge in [0.1, 0.15) is 17.2 Å². The van der Waals surface area contributed by atoms with E-state index in [2.05, 4.69) is 35.0 Å². The van der Waals surface area contributed by atoms with Crippen LogP contribution in [0.1, 0.15) is 67.0 Å². The molecule has 0 saturated carbocycles. The minimum Gasteiger partial charge on any atom is -0.497 e. The molecule has 7 rings (SSSR count). The van der Waals surface area contributed by atoms with Crippen molar-refractivity contribution < 1.29 is 27.4 Å². The lowest BCUT2D eigenvalue weighted by Crippen LogP contribution is -2.35. The Hall–Kier alpha value is -4.23. The topological polar surface area (TPSA) is 27.7 Å². The van der Waals surface area contributed by atoms with Crippen LogP contribution in [0, 0.1) is 0 Å². The maximum atomic E-state index is 13.9. The van der Waals surface area contributed by atoms with Gasteiger partial charge >= 0.3 is 6.18 Å². The summed E-state index contributed by atoms with van der Waals surface area (Å²) in [5.41, 5.74) is 3.65. The highest BCUT2D eigenvalue weighted by molar-refractivity contribution is 9.10. The van der Waals surface area contributed by atoms with Crippen LogP contribution in [0.15, 0.2) is 95.5 Å². The highest BCUT2D eigenvalue weighted by Gasteiger charge is 2.45. The second-order valence-corrected chi connectivity index (χ2v) is 13.6. The molecule has 5 aromatic rings. The third kappa shape index (κ3) is 5.10. The van der Waals surface area contributed by atoms with Crippen molar-refractivity contribution in [3.8, 4) is 28.4 Å². The lowest BCUT2D eigenvalue weighted by atomic mass is 9.76. The standard InChI is InChI=1S/C40H34BrF3O3/c1-5-6-21-46-29-15-9-25(10-16-29)39(24-7-13-28(45-4)14-8-24)20-19-32-36-35(33-23-27(41)12-18-30(33)37(32)47-39)31-17-11-26(40(42,43)44)22-34(31)38(36,2)3/h7-20,22-23H,5-6,21H2,1-4H3. The molecule has 0 amide bonds. The quantitative estimate of drug-likeness (QED) is 0.158. The van der Waals surface area contributed by atoms with Gasteiger partial charge in [-0.3, -0.25) is 0 Å². The molecule has 1 aliphatic carbocycles. The van der Waals surface area contributed by atoms with Crippen LogP contribution in [-0.4, -0.2) is 13.7 Å². The van der Waals surface area contributed by atoms with E-state index in [1.54, 1.807) is 13.2 Å². The predicted molar refractivity (Wildman–Crippen MR) is 184 cm³/mol. The summed E-state index contributed by atoms with van der Waals surface area (Å²) in [6, 6.07) is 26.0. The maximum Gasteiger partial charge on any atom is 0.416 e. The van der Waals surface area contributed by atoms with Gasteiger partial charge in [0.25, 0.3) is 0 Å². The van der Waals surface area contributed by atoms with Crippen LogP contribution in [0.25, 0.3) is 28.0 Å². The molecule has 47 heavy (non-hydrogen) atoms. The predicted octanol–water partition coefficient (Wildman–Crippen LogP) is 11.5. The summed E-state index contributed by atoms with van der Waals surface area (Å²) in [7, 11) is 1.64. The van der Waals surface area contributed by atoms with Crippen molar-refractivity contribution in [3.05, 3.63) is 129 Å². The van der Waals surface area contributed by atoms with Crippen LogP contribution in [0.4, 0.5) is 13.2 Å². The Balaban J connectivity index is 1.46. The fourth-order valence-corrected chi connectivity index (χ4v) is 7.44. The first-order valence-electron chi connectivity index (χ1n) is 15.8. The van der Waals surface area contributed by atoms with Gasteiger partial charge < -0.3 is 14.2 Å². The Morgan fingerprint density at radius 3 is 2.15 bits per heavy atom. The van der Waals surface area contributed by atoms with Crippen molar-refractivity contribution in [2.75, 3.05) is 13.7 Å². The van der Waals surface area contributed by atoms with E-state index in [-0.39, 0.29) is 0 Å². The third-order valence-electron chi connectivity index (χ3n) is 9.49. The molecule has 5 aromatic carbocycles. The van der Waals surface area contributed by atoms with Crippen LogP contribution in [-0.2, 0) is 17.2 Å². The molecule has 0 N–H and O–H groups in total. The molecule has 1 atom stereocenters. The molecular weight excluding hydrogens is 665 g/mol. The van der Waals surface area contributed by atoms with E-state index < -0.39 is 22.8 Å². The zero-order chi connectivity index (χ0) is 33.1. The number of hydrogen-bond acceptors (Lipinski definition) is 3. The van der Waals surface area contributed by atoms with Crippen molar-refractivity contribution >= 4 is 32.8 Å². The van der Waals surface area contributed by atoms with E-state index in [0.29, 0.717) is 17.9 Å². The molecule has 3 nitrogen and oxygen atoms in total. The summed E-state index contributed by atoms with van der Waals surface area (Å²) in [6.07, 6.45) is 1.74. The van der Waals surface area contributed by atoms with Gasteiger partial charge in [-0.1, -0.05) is 79.5 Å². The van der Waals surface area contributed by atoms with Crippen molar-refractivity contribution in [1.82, 2.24) is 0 Å². The number of unbranched alkanes of at least 4 members (excludes halogenated alkanes) is 1. The molecular formula is C40H34BrF3O3. The van der Waals surface area contributed by atoms with Crippen LogP contribution in [0.2, 0.25) is 0 Å². The Labute approximate surface area is 281 Å². The number of rotatable bonds is 7. The summed E-state index contributed by atoms with van der Waals surface area (Å²) in [4.78, 5) is 0. The number of hydrogen-bond donors (Lipinski definition) is 0. The lowest BCUT2D eigenvalue weighted by Gasteiger charge is -2.38. The highest BCUT2D eigenvalue weighted by Crippen LogP contribution is 2.59. The minimum atomic E-state index is -4.44. The summed E-state index contributed by atoms with van der Waals surface area (Å²) in [5.74, 6) is 2.21. The van der Waals surface area contributed by atoms with Gasteiger partial charge in [0.05, 0.1) is 19.3 Å². The average molecular weight is 700 g/mol. The number of alkyl halides is 3. The molecule has 2 aliphatic rings. The molecule has 1 unspecified atom stereocenters. The Morgan fingerprint density at radius 1 is 0.830 bits per heavy atom. The van der Waals surface area contributed by atoms with E-state index in [4.69, 9.17) is 14.2 Å².